The predicted octanol–water partition coefficient (Wildman–Crippen LogP) is 6.19. The third-order valence-electron chi connectivity index (χ3n) is 8.79. The van der Waals surface area contributed by atoms with Crippen LogP contribution in [0.4, 0.5) is 0 Å². The van der Waals surface area contributed by atoms with Gasteiger partial charge in [0.25, 0.3) is 0 Å². The Bertz CT molecular complexity index is 1020. The fourth-order valence-corrected chi connectivity index (χ4v) is 18.0. The van der Waals surface area contributed by atoms with E-state index >= 15 is 0 Å². The summed E-state index contributed by atoms with van der Waals surface area (Å²) in [5.41, 5.74) is 0.969. The minimum Gasteiger partial charge on any atom is -0.456 e. The molecule has 0 spiro atoms. The molecular weight excluding hydrogens is 495 g/mol. The summed E-state index contributed by atoms with van der Waals surface area (Å²) in [6, 6.07) is 3.65. The van der Waals surface area contributed by atoms with E-state index < -0.39 is 22.1 Å². The lowest BCUT2D eigenvalue weighted by Gasteiger charge is -2.63. The number of hydrogen-bond acceptors (Lipinski definition) is 6. The van der Waals surface area contributed by atoms with Crippen LogP contribution in [0.1, 0.15) is 70.4 Å². The van der Waals surface area contributed by atoms with Gasteiger partial charge in [0.2, 0.25) is 0 Å². The molecule has 1 unspecified atom stereocenters. The molecule has 1 aromatic rings. The first-order valence-electron chi connectivity index (χ1n) is 14.0. The van der Waals surface area contributed by atoms with E-state index in [-0.39, 0.29) is 30.7 Å². The summed E-state index contributed by atoms with van der Waals surface area (Å²) < 4.78 is 22.4. The largest absolute Gasteiger partial charge is 0.475 e. The van der Waals surface area contributed by atoms with Gasteiger partial charge in [-0.05, 0) is 69.9 Å². The molecule has 206 valence electrons. The summed E-state index contributed by atoms with van der Waals surface area (Å²) in [5.74, 6) is 0.982. The Morgan fingerprint density at radius 3 is 2.35 bits per heavy atom. The van der Waals surface area contributed by atoms with Crippen LogP contribution in [-0.2, 0) is 20.5 Å². The van der Waals surface area contributed by atoms with Crippen LogP contribution in [0.25, 0.3) is 0 Å². The zero-order chi connectivity index (χ0) is 27.8. The first-order valence-corrected chi connectivity index (χ1v) is 20.9. The average molecular weight is 545 g/mol. The molecule has 0 aromatic carbocycles. The molecule has 9 heteroatoms. The second-order valence-corrected chi connectivity index (χ2v) is 25.5. The van der Waals surface area contributed by atoms with Crippen LogP contribution in [-0.4, -0.2) is 62.0 Å². The number of esters is 1. The van der Waals surface area contributed by atoms with Crippen LogP contribution in [0.15, 0.2) is 18.3 Å². The van der Waals surface area contributed by atoms with Gasteiger partial charge in [0.05, 0.1) is 17.3 Å². The average Bonchev–Trinajstić information content (AvgIpc) is 3.07. The quantitative estimate of drug-likeness (QED) is 0.302. The third kappa shape index (κ3) is 5.67. The Morgan fingerprint density at radius 1 is 1.19 bits per heavy atom. The van der Waals surface area contributed by atoms with Crippen molar-refractivity contribution in [2.75, 3.05) is 0 Å². The third-order valence-corrected chi connectivity index (χ3v) is 16.4. The highest BCUT2D eigenvalue weighted by atomic mass is 28.4. The molecule has 37 heavy (non-hydrogen) atoms. The van der Waals surface area contributed by atoms with Gasteiger partial charge in [-0.3, -0.25) is 4.98 Å². The van der Waals surface area contributed by atoms with Gasteiger partial charge in [-0.15, -0.1) is 0 Å². The molecule has 2 heterocycles. The van der Waals surface area contributed by atoms with Crippen molar-refractivity contribution in [3.63, 3.8) is 0 Å². The molecule has 5 rings (SSSR count). The molecule has 4 aliphatic rings. The van der Waals surface area contributed by atoms with Gasteiger partial charge in [0.1, 0.15) is 22.1 Å². The van der Waals surface area contributed by atoms with Gasteiger partial charge < -0.3 is 18.3 Å². The molecule has 3 aliphatic carbocycles. The summed E-state index contributed by atoms with van der Waals surface area (Å²) in [4.78, 5) is 17.5. The molecule has 6 nitrogen and oxygen atoms in total. The highest BCUT2D eigenvalue weighted by Crippen LogP contribution is 2.64. The van der Waals surface area contributed by atoms with Crippen LogP contribution >= 0.6 is 0 Å². The molecule has 2 bridgehead atoms. The highest BCUT2D eigenvalue weighted by Gasteiger charge is 2.68. The maximum absolute atomic E-state index is 12.8. The van der Waals surface area contributed by atoms with Crippen LogP contribution in [0.5, 0.6) is 0 Å². The summed E-state index contributed by atoms with van der Waals surface area (Å²) in [7, 11) is -3.84. The number of ether oxygens (including phenoxy) is 1. The van der Waals surface area contributed by atoms with Crippen molar-refractivity contribution in [3.8, 4) is 0 Å². The van der Waals surface area contributed by atoms with Gasteiger partial charge in [0.15, 0.2) is 0 Å². The molecule has 0 N–H and O–H groups in total. The number of rotatable bonds is 7. The first-order chi connectivity index (χ1) is 16.7. The zero-order valence-electron chi connectivity index (χ0n) is 25.3. The summed E-state index contributed by atoms with van der Waals surface area (Å²) in [6.07, 6.45) is 4.85. The van der Waals surface area contributed by atoms with E-state index in [0.29, 0.717) is 29.2 Å². The summed E-state index contributed by atoms with van der Waals surface area (Å²) in [5, 5.41) is 0. The molecule has 1 aromatic heterocycles. The molecule has 5 atom stereocenters. The van der Waals surface area contributed by atoms with Crippen LogP contribution in [0.3, 0.4) is 0 Å². The number of hydrogen-bond donors (Lipinski definition) is 0. The molecule has 1 saturated heterocycles. The second kappa shape index (κ2) is 9.29. The Balaban J connectivity index is 1.68. The van der Waals surface area contributed by atoms with Gasteiger partial charge in [-0.2, -0.15) is 0 Å². The predicted molar refractivity (Wildman–Crippen MR) is 156 cm³/mol. The monoisotopic (exact) mass is 544 g/mol. The maximum Gasteiger partial charge on any atom is 0.475 e. The normalized spacial score (nSPS) is 30.1. The number of aromatic nitrogens is 1. The van der Waals surface area contributed by atoms with Gasteiger partial charge in [-0.25, -0.2) is 4.79 Å². The van der Waals surface area contributed by atoms with Crippen LogP contribution in [0, 0.1) is 17.3 Å². The Hall–Kier alpha value is -1.00. The SMILES string of the molecule is CC(C)(C)OC(=O)c1ccnc(C[C@@H](B2OC3[C@@H]4C[C@H](C[C@]3(C)O2)C4(C)C)N([Si](C)(C)C)[Si](C)(C)C)c1. The molecular formula is C28H49BN2O4Si2. The molecule has 0 radical (unpaired) electrons. The number of nitrogens with zero attached hydrogens (tertiary/aromatic N) is 2. The van der Waals surface area contributed by atoms with Crippen molar-refractivity contribution in [1.29, 1.82) is 0 Å². The molecule has 3 saturated carbocycles. The molecule has 1 aliphatic heterocycles. The van der Waals surface area contributed by atoms with Crippen LogP contribution in [0.2, 0.25) is 39.3 Å². The Morgan fingerprint density at radius 2 is 1.81 bits per heavy atom. The lowest BCUT2D eigenvalue weighted by molar-refractivity contribution is -0.185. The van der Waals surface area contributed by atoms with Gasteiger partial charge in [-0.1, -0.05) is 53.1 Å². The van der Waals surface area contributed by atoms with Gasteiger partial charge in [0, 0.05) is 24.3 Å². The fraction of sp³-hybridized carbons (Fsp3) is 0.786. The standard InChI is InChI=1S/C28H49BN2O4Si2/c1-26(2,3)33-25(32)19-13-14-30-21(15-19)17-23(31(36(7,8)9)37(10,11)12)29-34-24-22-16-20(27(22,4)5)18-28(24,6)35-29/h13-15,20,22-24H,16-18H2,1-12H3/t20-,22+,23+,24?,28+/m1/s1. The smallest absolute Gasteiger partial charge is 0.456 e. The van der Waals surface area contributed by atoms with E-state index in [9.17, 15) is 4.79 Å². The van der Waals surface area contributed by atoms with Crippen molar-refractivity contribution in [3.05, 3.63) is 29.6 Å². The maximum atomic E-state index is 12.8. The minimum absolute atomic E-state index is 0.0439. The van der Waals surface area contributed by atoms with E-state index in [4.69, 9.17) is 19.0 Å². The van der Waals surface area contributed by atoms with Crippen molar-refractivity contribution < 1.29 is 18.8 Å². The number of pyridine rings is 1. The zero-order valence-corrected chi connectivity index (χ0v) is 27.3. The van der Waals surface area contributed by atoms with E-state index in [1.165, 1.54) is 6.42 Å². The van der Waals surface area contributed by atoms with E-state index in [2.05, 4.69) is 64.3 Å². The summed E-state index contributed by atoms with van der Waals surface area (Å²) in [6.45, 7) is 27.3. The molecule has 0 amide bonds. The van der Waals surface area contributed by atoms with E-state index in [0.717, 1.165) is 12.1 Å². The molecule has 4 fully saturated rings. The Kier molecular flexibility index (Phi) is 7.28. The van der Waals surface area contributed by atoms with Crippen molar-refractivity contribution in [1.82, 2.24) is 9.22 Å². The summed E-state index contributed by atoms with van der Waals surface area (Å²) >= 11 is 0. The lowest BCUT2D eigenvalue weighted by Crippen LogP contribution is -2.67. The Labute approximate surface area is 227 Å². The van der Waals surface area contributed by atoms with Crippen molar-refractivity contribution in [2.24, 2.45) is 17.3 Å². The second-order valence-electron chi connectivity index (χ2n) is 15.4. The number of carbonyl (C=O) groups excluding carboxylic acids is 1. The first kappa shape index (κ1) is 29.0. The van der Waals surface area contributed by atoms with Crippen molar-refractivity contribution >= 4 is 29.6 Å². The minimum atomic E-state index is -1.77. The number of carbonyl (C=O) groups is 1. The van der Waals surface area contributed by atoms with Crippen molar-refractivity contribution in [2.45, 2.75) is 123 Å². The highest BCUT2D eigenvalue weighted by molar-refractivity contribution is 6.90. The van der Waals surface area contributed by atoms with E-state index in [1.807, 2.05) is 26.8 Å². The fourth-order valence-electron chi connectivity index (χ4n) is 7.49. The van der Waals surface area contributed by atoms with E-state index in [1.54, 1.807) is 12.3 Å². The van der Waals surface area contributed by atoms with Crippen LogP contribution < -0.4 is 0 Å². The topological polar surface area (TPSA) is 60.9 Å². The van der Waals surface area contributed by atoms with Gasteiger partial charge >= 0.3 is 13.1 Å². The lowest BCUT2D eigenvalue weighted by atomic mass is 9.45.